The second kappa shape index (κ2) is 5.03. The number of halogens is 1. The lowest BCUT2D eigenvalue weighted by molar-refractivity contribution is -0.146. The van der Waals surface area contributed by atoms with Gasteiger partial charge >= 0.3 is 5.97 Å². The summed E-state index contributed by atoms with van der Waals surface area (Å²) in [7, 11) is 1.39. The van der Waals surface area contributed by atoms with Crippen molar-refractivity contribution in [3.8, 4) is 0 Å². The molecule has 0 bridgehead atoms. The molecule has 0 spiro atoms. The maximum Gasteiger partial charge on any atom is 0.315 e. The van der Waals surface area contributed by atoms with Gasteiger partial charge in [-0.1, -0.05) is 12.1 Å². The van der Waals surface area contributed by atoms with Crippen molar-refractivity contribution in [2.24, 2.45) is 0 Å². The molecule has 0 fully saturated rings. The fraction of sp³-hybridized carbons (Fsp3) is 0.364. The molecule has 0 aliphatic carbocycles. The average Bonchev–Trinajstić information content (AvgIpc) is 2.16. The fourth-order valence-corrected chi connectivity index (χ4v) is 1.30. The number of benzene rings is 1. The van der Waals surface area contributed by atoms with E-state index >= 15 is 0 Å². The molecule has 0 atom stereocenters. The number of ether oxygens (including phenoxy) is 1. The van der Waals surface area contributed by atoms with Crippen LogP contribution >= 0.6 is 12.4 Å². The van der Waals surface area contributed by atoms with Crippen LogP contribution in [0.5, 0.6) is 0 Å². The third kappa shape index (κ3) is 2.86. The topological polar surface area (TPSA) is 52.3 Å². The molecule has 0 heterocycles. The van der Waals surface area contributed by atoms with Gasteiger partial charge in [-0.25, -0.2) is 0 Å². The minimum atomic E-state index is -0.649. The Bertz CT molecular complexity index is 350. The minimum Gasteiger partial charge on any atom is -0.468 e. The smallest absolute Gasteiger partial charge is 0.315 e. The second-order valence-electron chi connectivity index (χ2n) is 3.74. The zero-order chi connectivity index (χ0) is 10.8. The normalized spacial score (nSPS) is 10.3. The van der Waals surface area contributed by atoms with E-state index in [2.05, 4.69) is 0 Å². The lowest BCUT2D eigenvalue weighted by Crippen LogP contribution is -2.30. The van der Waals surface area contributed by atoms with Crippen LogP contribution in [0, 0.1) is 0 Å². The molecular formula is C11H16ClNO2. The number of nitrogens with two attached hydrogens (primary N) is 1. The molecule has 15 heavy (non-hydrogen) atoms. The molecule has 0 saturated carbocycles. The van der Waals surface area contributed by atoms with E-state index in [9.17, 15) is 4.79 Å². The van der Waals surface area contributed by atoms with Crippen LogP contribution in [0.3, 0.4) is 0 Å². The molecule has 0 amide bonds. The van der Waals surface area contributed by atoms with Crippen molar-refractivity contribution in [3.63, 3.8) is 0 Å². The molecule has 1 aromatic rings. The number of carbonyl (C=O) groups is 1. The monoisotopic (exact) mass is 229 g/mol. The van der Waals surface area contributed by atoms with Gasteiger partial charge in [0, 0.05) is 5.69 Å². The van der Waals surface area contributed by atoms with Crippen LogP contribution in [0.2, 0.25) is 0 Å². The van der Waals surface area contributed by atoms with E-state index in [0.717, 1.165) is 5.56 Å². The van der Waals surface area contributed by atoms with Gasteiger partial charge in [-0.15, -0.1) is 12.4 Å². The van der Waals surface area contributed by atoms with Crippen molar-refractivity contribution in [1.29, 1.82) is 0 Å². The van der Waals surface area contributed by atoms with Gasteiger partial charge in [0.1, 0.15) is 0 Å². The SMILES string of the molecule is COC(=O)C(C)(C)c1cccc(N)c1.Cl. The molecule has 1 rings (SSSR count). The standard InChI is InChI=1S/C11H15NO2.ClH/c1-11(2,10(13)14-3)8-5-4-6-9(12)7-8;/h4-7H,12H2,1-3H3;1H. The van der Waals surface area contributed by atoms with E-state index in [4.69, 9.17) is 10.5 Å². The van der Waals surface area contributed by atoms with Gasteiger partial charge in [0.15, 0.2) is 0 Å². The summed E-state index contributed by atoms with van der Waals surface area (Å²) in [6.45, 7) is 3.63. The number of methoxy groups -OCH3 is 1. The van der Waals surface area contributed by atoms with Gasteiger partial charge in [-0.05, 0) is 31.5 Å². The Labute approximate surface area is 96.0 Å². The lowest BCUT2D eigenvalue weighted by atomic mass is 9.84. The molecule has 0 aliphatic rings. The first-order chi connectivity index (χ1) is 6.48. The lowest BCUT2D eigenvalue weighted by Gasteiger charge is -2.22. The first-order valence-electron chi connectivity index (χ1n) is 4.43. The molecule has 1 aromatic carbocycles. The summed E-state index contributed by atoms with van der Waals surface area (Å²) in [6, 6.07) is 7.27. The highest BCUT2D eigenvalue weighted by atomic mass is 35.5. The number of anilines is 1. The third-order valence-corrected chi connectivity index (χ3v) is 2.30. The van der Waals surface area contributed by atoms with Crippen LogP contribution in [-0.2, 0) is 14.9 Å². The molecule has 84 valence electrons. The van der Waals surface area contributed by atoms with E-state index in [1.807, 2.05) is 26.0 Å². The van der Waals surface area contributed by atoms with Crippen LogP contribution in [0.4, 0.5) is 5.69 Å². The summed E-state index contributed by atoms with van der Waals surface area (Å²) in [5, 5.41) is 0. The Balaban J connectivity index is 0.00000196. The maximum absolute atomic E-state index is 11.5. The van der Waals surface area contributed by atoms with Gasteiger partial charge in [0.25, 0.3) is 0 Å². The molecule has 0 radical (unpaired) electrons. The molecule has 0 aliphatic heterocycles. The van der Waals surface area contributed by atoms with Gasteiger partial charge in [-0.3, -0.25) is 4.79 Å². The van der Waals surface area contributed by atoms with E-state index in [-0.39, 0.29) is 18.4 Å². The highest BCUT2D eigenvalue weighted by Gasteiger charge is 2.30. The third-order valence-electron chi connectivity index (χ3n) is 2.30. The fourth-order valence-electron chi connectivity index (χ4n) is 1.30. The van der Waals surface area contributed by atoms with Crippen LogP contribution in [0.1, 0.15) is 19.4 Å². The number of hydrogen-bond donors (Lipinski definition) is 1. The average molecular weight is 230 g/mol. The molecule has 0 aromatic heterocycles. The Hall–Kier alpha value is -1.22. The molecule has 4 heteroatoms. The van der Waals surface area contributed by atoms with Gasteiger partial charge < -0.3 is 10.5 Å². The number of rotatable bonds is 2. The first-order valence-corrected chi connectivity index (χ1v) is 4.43. The number of carbonyl (C=O) groups excluding carboxylic acids is 1. The van der Waals surface area contributed by atoms with Gasteiger partial charge in [0.2, 0.25) is 0 Å². The highest BCUT2D eigenvalue weighted by molar-refractivity contribution is 5.85. The zero-order valence-corrected chi connectivity index (χ0v) is 9.93. The van der Waals surface area contributed by atoms with Crippen molar-refractivity contribution in [2.45, 2.75) is 19.3 Å². The summed E-state index contributed by atoms with van der Waals surface area (Å²) >= 11 is 0. The van der Waals surface area contributed by atoms with Gasteiger partial charge in [0.05, 0.1) is 12.5 Å². The molecule has 3 nitrogen and oxygen atoms in total. The Morgan fingerprint density at radius 3 is 2.47 bits per heavy atom. The second-order valence-corrected chi connectivity index (χ2v) is 3.74. The van der Waals surface area contributed by atoms with Gasteiger partial charge in [-0.2, -0.15) is 0 Å². The Morgan fingerprint density at radius 1 is 1.40 bits per heavy atom. The first kappa shape index (κ1) is 13.8. The van der Waals surface area contributed by atoms with Crippen molar-refractivity contribution in [1.82, 2.24) is 0 Å². The predicted octanol–water partition coefficient (Wildman–Crippen LogP) is 2.14. The zero-order valence-electron chi connectivity index (χ0n) is 9.11. The van der Waals surface area contributed by atoms with E-state index in [1.54, 1.807) is 12.1 Å². The van der Waals surface area contributed by atoms with E-state index in [1.165, 1.54) is 7.11 Å². The highest BCUT2D eigenvalue weighted by Crippen LogP contribution is 2.25. The quantitative estimate of drug-likeness (QED) is 0.625. The largest absolute Gasteiger partial charge is 0.468 e. The Morgan fingerprint density at radius 2 is 2.00 bits per heavy atom. The number of hydrogen-bond acceptors (Lipinski definition) is 3. The molecule has 2 N–H and O–H groups in total. The summed E-state index contributed by atoms with van der Waals surface area (Å²) in [6.07, 6.45) is 0. The van der Waals surface area contributed by atoms with Crippen LogP contribution in [0.25, 0.3) is 0 Å². The van der Waals surface area contributed by atoms with Crippen LogP contribution in [0.15, 0.2) is 24.3 Å². The van der Waals surface area contributed by atoms with E-state index in [0.29, 0.717) is 5.69 Å². The summed E-state index contributed by atoms with van der Waals surface area (Å²) in [5.41, 5.74) is 6.51. The predicted molar refractivity (Wildman–Crippen MR) is 63.1 cm³/mol. The molecular weight excluding hydrogens is 214 g/mol. The Kier molecular flexibility index (Phi) is 4.62. The molecule has 0 saturated heterocycles. The van der Waals surface area contributed by atoms with Crippen molar-refractivity contribution < 1.29 is 9.53 Å². The minimum absolute atomic E-state index is 0. The van der Waals surface area contributed by atoms with Crippen molar-refractivity contribution in [2.75, 3.05) is 12.8 Å². The van der Waals surface area contributed by atoms with Crippen LogP contribution in [-0.4, -0.2) is 13.1 Å². The van der Waals surface area contributed by atoms with Crippen molar-refractivity contribution in [3.05, 3.63) is 29.8 Å². The van der Waals surface area contributed by atoms with Crippen LogP contribution < -0.4 is 5.73 Å². The summed E-state index contributed by atoms with van der Waals surface area (Å²) < 4.78 is 4.73. The maximum atomic E-state index is 11.5. The van der Waals surface area contributed by atoms with Crippen molar-refractivity contribution >= 4 is 24.1 Å². The number of nitrogen functional groups attached to an aromatic ring is 1. The van der Waals surface area contributed by atoms with E-state index < -0.39 is 5.41 Å². The summed E-state index contributed by atoms with van der Waals surface area (Å²) in [5.74, 6) is -0.261. The summed E-state index contributed by atoms with van der Waals surface area (Å²) in [4.78, 5) is 11.5. The molecule has 0 unspecified atom stereocenters. The number of esters is 1.